The summed E-state index contributed by atoms with van der Waals surface area (Å²) in [5, 5.41) is 12.6. The number of anilines is 1. The molecule has 152 valence electrons. The third-order valence-corrected chi connectivity index (χ3v) is 8.48. The average Bonchev–Trinajstić information content (AvgIpc) is 3.07. The lowest BCUT2D eigenvalue weighted by Gasteiger charge is -2.39. The fourth-order valence-corrected chi connectivity index (χ4v) is 6.76. The number of halogens is 1. The van der Waals surface area contributed by atoms with E-state index in [0.717, 1.165) is 55.2 Å². The highest BCUT2D eigenvalue weighted by Gasteiger charge is 2.41. The molecule has 1 heterocycles. The summed E-state index contributed by atoms with van der Waals surface area (Å²) in [7, 11) is -3.46. The molecule has 1 saturated heterocycles. The first-order valence-corrected chi connectivity index (χ1v) is 12.3. The normalized spacial score (nSPS) is 21.4. The van der Waals surface area contributed by atoms with Crippen molar-refractivity contribution in [3.8, 4) is 0 Å². The number of rotatable bonds is 7. The molecule has 1 unspecified atom stereocenters. The van der Waals surface area contributed by atoms with E-state index in [9.17, 15) is 13.5 Å². The number of aliphatic hydroxyl groups is 1. The van der Waals surface area contributed by atoms with Gasteiger partial charge in [-0.25, -0.2) is 8.42 Å². The predicted molar refractivity (Wildman–Crippen MR) is 112 cm³/mol. The minimum atomic E-state index is -3.46. The number of nitrogens with zero attached hydrogens (tertiary/aromatic N) is 1. The molecule has 1 aromatic carbocycles. The maximum atomic E-state index is 13.2. The minimum Gasteiger partial charge on any atom is -0.393 e. The van der Waals surface area contributed by atoms with Crippen molar-refractivity contribution in [2.24, 2.45) is 5.41 Å². The monoisotopic (exact) mass is 458 g/mol. The summed E-state index contributed by atoms with van der Waals surface area (Å²) < 4.78 is 28.8. The van der Waals surface area contributed by atoms with Gasteiger partial charge in [-0.05, 0) is 85.0 Å². The Morgan fingerprint density at radius 3 is 2.63 bits per heavy atom. The van der Waals surface area contributed by atoms with Gasteiger partial charge in [0, 0.05) is 29.8 Å². The van der Waals surface area contributed by atoms with E-state index in [1.54, 1.807) is 23.4 Å². The first-order valence-electron chi connectivity index (χ1n) is 10.0. The molecule has 0 amide bonds. The lowest BCUT2D eigenvalue weighted by molar-refractivity contribution is 0.152. The van der Waals surface area contributed by atoms with Gasteiger partial charge in [0.05, 0.1) is 11.0 Å². The molecule has 3 rings (SSSR count). The van der Waals surface area contributed by atoms with Crippen LogP contribution in [0.5, 0.6) is 0 Å². The second-order valence-electron chi connectivity index (χ2n) is 8.21. The molecule has 2 fully saturated rings. The molecule has 2 N–H and O–H groups in total. The fourth-order valence-electron chi connectivity index (χ4n) is 4.47. The van der Waals surface area contributed by atoms with Gasteiger partial charge in [0.2, 0.25) is 10.0 Å². The lowest BCUT2D eigenvalue weighted by Crippen LogP contribution is -2.44. The molecular weight excluding hydrogens is 428 g/mol. The van der Waals surface area contributed by atoms with E-state index in [0.29, 0.717) is 18.0 Å². The molecule has 0 aromatic heterocycles. The summed E-state index contributed by atoms with van der Waals surface area (Å²) in [6, 6.07) is 5.24. The van der Waals surface area contributed by atoms with E-state index in [1.165, 1.54) is 12.8 Å². The molecule has 1 atom stereocenters. The van der Waals surface area contributed by atoms with Gasteiger partial charge in [0.25, 0.3) is 0 Å². The Morgan fingerprint density at radius 2 is 1.96 bits per heavy atom. The SMILES string of the molecule is CC(O)CCCNc1ccc(S(=O)(=O)N2CCCC3(CCCC3)C2)cc1Br. The highest BCUT2D eigenvalue weighted by molar-refractivity contribution is 9.10. The van der Waals surface area contributed by atoms with Crippen LogP contribution in [0, 0.1) is 5.41 Å². The fraction of sp³-hybridized carbons (Fsp3) is 0.700. The predicted octanol–water partition coefficient (Wildman–Crippen LogP) is 4.37. The Morgan fingerprint density at radius 1 is 1.26 bits per heavy atom. The quantitative estimate of drug-likeness (QED) is 0.595. The van der Waals surface area contributed by atoms with Gasteiger partial charge in [-0.15, -0.1) is 0 Å². The summed E-state index contributed by atoms with van der Waals surface area (Å²) in [6.07, 6.45) is 8.23. The summed E-state index contributed by atoms with van der Waals surface area (Å²) in [6.45, 7) is 3.82. The number of hydrogen-bond donors (Lipinski definition) is 2. The highest BCUT2D eigenvalue weighted by atomic mass is 79.9. The van der Waals surface area contributed by atoms with E-state index in [2.05, 4.69) is 21.2 Å². The zero-order valence-electron chi connectivity index (χ0n) is 16.1. The van der Waals surface area contributed by atoms with Crippen molar-refractivity contribution in [1.29, 1.82) is 0 Å². The number of benzene rings is 1. The number of sulfonamides is 1. The van der Waals surface area contributed by atoms with Crippen molar-refractivity contribution >= 4 is 31.6 Å². The summed E-state index contributed by atoms with van der Waals surface area (Å²) in [5.74, 6) is 0. The van der Waals surface area contributed by atoms with Crippen molar-refractivity contribution in [3.63, 3.8) is 0 Å². The van der Waals surface area contributed by atoms with Gasteiger partial charge >= 0.3 is 0 Å². The average molecular weight is 459 g/mol. The van der Waals surface area contributed by atoms with Gasteiger partial charge < -0.3 is 10.4 Å². The number of nitrogens with one attached hydrogen (secondary N) is 1. The first kappa shape index (κ1) is 21.1. The molecule has 1 aliphatic heterocycles. The Hall–Kier alpha value is -0.630. The van der Waals surface area contributed by atoms with Crippen LogP contribution < -0.4 is 5.32 Å². The minimum absolute atomic E-state index is 0.216. The Kier molecular flexibility index (Phi) is 6.88. The van der Waals surface area contributed by atoms with Gasteiger partial charge in [0.15, 0.2) is 0 Å². The molecule has 1 aliphatic carbocycles. The molecule has 5 nitrogen and oxygen atoms in total. The van der Waals surface area contributed by atoms with Crippen molar-refractivity contribution in [2.75, 3.05) is 25.0 Å². The lowest BCUT2D eigenvalue weighted by atomic mass is 9.79. The van der Waals surface area contributed by atoms with Crippen molar-refractivity contribution < 1.29 is 13.5 Å². The molecule has 1 aromatic rings. The molecule has 7 heteroatoms. The number of hydrogen-bond acceptors (Lipinski definition) is 4. The van der Waals surface area contributed by atoms with Crippen LogP contribution in [0.25, 0.3) is 0 Å². The van der Waals surface area contributed by atoms with Crippen LogP contribution in [0.2, 0.25) is 0 Å². The molecular formula is C20H31BrN2O3S. The third-order valence-electron chi connectivity index (χ3n) is 5.98. The third kappa shape index (κ3) is 5.05. The number of aliphatic hydroxyl groups excluding tert-OH is 1. The van der Waals surface area contributed by atoms with Crippen LogP contribution in [-0.2, 0) is 10.0 Å². The van der Waals surface area contributed by atoms with Crippen LogP contribution in [0.3, 0.4) is 0 Å². The van der Waals surface area contributed by atoms with E-state index < -0.39 is 10.0 Å². The van der Waals surface area contributed by atoms with Crippen LogP contribution in [-0.4, -0.2) is 43.6 Å². The van der Waals surface area contributed by atoms with E-state index in [1.807, 2.05) is 6.07 Å². The van der Waals surface area contributed by atoms with E-state index in [4.69, 9.17) is 0 Å². The second kappa shape index (κ2) is 8.80. The largest absolute Gasteiger partial charge is 0.393 e. The molecule has 0 radical (unpaired) electrons. The summed E-state index contributed by atoms with van der Waals surface area (Å²) in [4.78, 5) is 0.360. The molecule has 27 heavy (non-hydrogen) atoms. The van der Waals surface area contributed by atoms with Crippen molar-refractivity contribution in [1.82, 2.24) is 4.31 Å². The number of piperidine rings is 1. The van der Waals surface area contributed by atoms with Crippen LogP contribution in [0.15, 0.2) is 27.6 Å². The summed E-state index contributed by atoms with van der Waals surface area (Å²) >= 11 is 3.51. The Labute approximate surface area is 171 Å². The van der Waals surface area contributed by atoms with Gasteiger partial charge in [-0.3, -0.25) is 0 Å². The standard InChI is InChI=1S/C20H31BrN2O3S/c1-16(24)6-4-12-22-19-8-7-17(14-18(19)21)27(25,26)23-13-5-11-20(15-23)9-2-3-10-20/h7-8,14,16,22,24H,2-6,9-13,15H2,1H3. The Bertz CT molecular complexity index is 746. The van der Waals surface area contributed by atoms with Crippen LogP contribution >= 0.6 is 15.9 Å². The zero-order chi connectivity index (χ0) is 19.5. The van der Waals surface area contributed by atoms with Crippen molar-refractivity contribution in [2.45, 2.75) is 69.3 Å². The topological polar surface area (TPSA) is 69.6 Å². The molecule has 2 aliphatic rings. The first-order chi connectivity index (χ1) is 12.8. The van der Waals surface area contributed by atoms with E-state index >= 15 is 0 Å². The molecule has 1 spiro atoms. The van der Waals surface area contributed by atoms with Gasteiger partial charge in [0.1, 0.15) is 0 Å². The summed E-state index contributed by atoms with van der Waals surface area (Å²) in [5.41, 5.74) is 1.10. The Balaban J connectivity index is 1.68. The smallest absolute Gasteiger partial charge is 0.243 e. The van der Waals surface area contributed by atoms with Crippen LogP contribution in [0.4, 0.5) is 5.69 Å². The van der Waals surface area contributed by atoms with E-state index in [-0.39, 0.29) is 11.5 Å². The van der Waals surface area contributed by atoms with Crippen LogP contribution in [0.1, 0.15) is 58.3 Å². The molecule has 1 saturated carbocycles. The highest BCUT2D eigenvalue weighted by Crippen LogP contribution is 2.45. The molecule has 0 bridgehead atoms. The van der Waals surface area contributed by atoms with Gasteiger partial charge in [-0.1, -0.05) is 12.8 Å². The van der Waals surface area contributed by atoms with Gasteiger partial charge in [-0.2, -0.15) is 4.31 Å². The zero-order valence-corrected chi connectivity index (χ0v) is 18.5. The van der Waals surface area contributed by atoms with Crippen molar-refractivity contribution in [3.05, 3.63) is 22.7 Å². The maximum absolute atomic E-state index is 13.2. The maximum Gasteiger partial charge on any atom is 0.243 e. The second-order valence-corrected chi connectivity index (χ2v) is 11.0.